The minimum absolute atomic E-state index is 0.170. The molecule has 0 radical (unpaired) electrons. The second-order valence-corrected chi connectivity index (χ2v) is 3.28. The summed E-state index contributed by atoms with van der Waals surface area (Å²) in [6, 6.07) is 5.83. The van der Waals surface area contributed by atoms with E-state index < -0.39 is 16.8 Å². The molecule has 86 valence electrons. The van der Waals surface area contributed by atoms with Crippen molar-refractivity contribution in [3.8, 4) is 0 Å². The monoisotopic (exact) mass is 224 g/mol. The zero-order valence-corrected chi connectivity index (χ0v) is 8.50. The van der Waals surface area contributed by atoms with Gasteiger partial charge in [0.25, 0.3) is 5.69 Å². The van der Waals surface area contributed by atoms with E-state index in [-0.39, 0.29) is 24.2 Å². The number of carboxylic acids is 1. The van der Waals surface area contributed by atoms with Crippen molar-refractivity contribution in [2.45, 2.75) is 12.3 Å². The average molecular weight is 224 g/mol. The fourth-order valence-corrected chi connectivity index (χ4v) is 1.53. The van der Waals surface area contributed by atoms with E-state index in [9.17, 15) is 14.9 Å². The Labute approximate surface area is 91.8 Å². The first-order chi connectivity index (χ1) is 7.57. The van der Waals surface area contributed by atoms with Gasteiger partial charge in [-0.2, -0.15) is 0 Å². The fourth-order valence-electron chi connectivity index (χ4n) is 1.53. The molecule has 0 amide bonds. The van der Waals surface area contributed by atoms with Crippen molar-refractivity contribution in [3.05, 3.63) is 39.9 Å². The highest BCUT2D eigenvalue weighted by molar-refractivity contribution is 5.77. The van der Waals surface area contributed by atoms with Gasteiger partial charge in [-0.25, -0.2) is 0 Å². The first kappa shape index (κ1) is 12.1. The lowest BCUT2D eigenvalue weighted by Gasteiger charge is -2.11. The molecule has 1 aromatic rings. The molecule has 0 saturated heterocycles. The van der Waals surface area contributed by atoms with Crippen LogP contribution < -0.4 is 5.73 Å². The maximum atomic E-state index is 11.0. The van der Waals surface area contributed by atoms with Crippen LogP contribution in [0.1, 0.15) is 17.9 Å². The van der Waals surface area contributed by atoms with Gasteiger partial charge in [-0.1, -0.05) is 18.2 Å². The van der Waals surface area contributed by atoms with Gasteiger partial charge in [0.1, 0.15) is 0 Å². The molecule has 1 rings (SSSR count). The molecule has 0 aromatic heterocycles. The Morgan fingerprint density at radius 2 is 2.12 bits per heavy atom. The van der Waals surface area contributed by atoms with Crippen LogP contribution in [-0.2, 0) is 4.79 Å². The van der Waals surface area contributed by atoms with Crippen LogP contribution in [0.15, 0.2) is 24.3 Å². The molecule has 0 bridgehead atoms. The highest BCUT2D eigenvalue weighted by Crippen LogP contribution is 2.28. The number of para-hydroxylation sites is 1. The van der Waals surface area contributed by atoms with E-state index in [1.165, 1.54) is 18.2 Å². The summed E-state index contributed by atoms with van der Waals surface area (Å²) in [5.41, 5.74) is 5.32. The predicted octanol–water partition coefficient (Wildman–Crippen LogP) is 1.11. The minimum Gasteiger partial charge on any atom is -0.481 e. The van der Waals surface area contributed by atoms with Gasteiger partial charge in [-0.15, -0.1) is 0 Å². The number of hydrogen-bond acceptors (Lipinski definition) is 4. The van der Waals surface area contributed by atoms with Crippen LogP contribution in [-0.4, -0.2) is 22.5 Å². The lowest BCUT2D eigenvalue weighted by Crippen LogP contribution is -2.17. The topological polar surface area (TPSA) is 106 Å². The molecule has 0 unspecified atom stereocenters. The van der Waals surface area contributed by atoms with Crippen LogP contribution in [0.25, 0.3) is 0 Å². The van der Waals surface area contributed by atoms with Crippen LogP contribution in [0.5, 0.6) is 0 Å². The number of benzene rings is 1. The maximum absolute atomic E-state index is 11.0. The van der Waals surface area contributed by atoms with Crippen LogP contribution in [0.4, 0.5) is 5.69 Å². The summed E-state index contributed by atoms with van der Waals surface area (Å²) in [6.07, 6.45) is 0.181. The van der Waals surface area contributed by atoms with Crippen molar-refractivity contribution in [2.24, 2.45) is 5.73 Å². The Kier molecular flexibility index (Phi) is 3.96. The van der Waals surface area contributed by atoms with E-state index in [4.69, 9.17) is 10.8 Å². The number of nitrogens with two attached hydrogens (primary N) is 1. The van der Waals surface area contributed by atoms with Gasteiger partial charge in [0.15, 0.2) is 0 Å². The molecule has 0 saturated carbocycles. The summed E-state index contributed by atoms with van der Waals surface area (Å²) in [5, 5.41) is 19.7. The van der Waals surface area contributed by atoms with Crippen LogP contribution in [0.2, 0.25) is 0 Å². The van der Waals surface area contributed by atoms with E-state index >= 15 is 0 Å². The van der Waals surface area contributed by atoms with Crippen molar-refractivity contribution in [2.75, 3.05) is 6.54 Å². The molecule has 1 atom stereocenters. The Morgan fingerprint density at radius 3 is 2.62 bits per heavy atom. The van der Waals surface area contributed by atoms with E-state index in [2.05, 4.69) is 0 Å². The Morgan fingerprint density at radius 1 is 1.50 bits per heavy atom. The van der Waals surface area contributed by atoms with Crippen LogP contribution in [0.3, 0.4) is 0 Å². The smallest absolute Gasteiger partial charge is 0.311 e. The molecule has 0 heterocycles. The minimum atomic E-state index is -1.10. The van der Waals surface area contributed by atoms with E-state index in [0.29, 0.717) is 0 Å². The number of hydrogen-bond donors (Lipinski definition) is 2. The van der Waals surface area contributed by atoms with Crippen LogP contribution in [0, 0.1) is 10.1 Å². The number of carbonyl (C=O) groups is 1. The number of aliphatic carboxylic acids is 1. The van der Waals surface area contributed by atoms with Gasteiger partial charge in [0.2, 0.25) is 0 Å². The molecule has 3 N–H and O–H groups in total. The molecule has 0 aliphatic rings. The standard InChI is InChI=1S/C10H12N2O4/c11-6-5-8(10(13)14)7-3-1-2-4-9(7)12(15)16/h1-4,8H,5-6,11H2,(H,13,14)/t8-/m0/s1. The maximum Gasteiger partial charge on any atom is 0.311 e. The SMILES string of the molecule is NCC[C@H](C(=O)O)c1ccccc1[N+](=O)[O-]. The average Bonchev–Trinajstić information content (AvgIpc) is 2.25. The summed E-state index contributed by atoms with van der Waals surface area (Å²) in [7, 11) is 0. The van der Waals surface area contributed by atoms with Crippen molar-refractivity contribution >= 4 is 11.7 Å². The third kappa shape index (κ3) is 2.54. The molecular formula is C10H12N2O4. The second kappa shape index (κ2) is 5.22. The summed E-state index contributed by atoms with van der Waals surface area (Å²) < 4.78 is 0. The lowest BCUT2D eigenvalue weighted by molar-refractivity contribution is -0.385. The quantitative estimate of drug-likeness (QED) is 0.575. The zero-order chi connectivity index (χ0) is 12.1. The second-order valence-electron chi connectivity index (χ2n) is 3.28. The van der Waals surface area contributed by atoms with Gasteiger partial charge in [-0.3, -0.25) is 14.9 Å². The fraction of sp³-hybridized carbons (Fsp3) is 0.300. The summed E-state index contributed by atoms with van der Waals surface area (Å²) in [6.45, 7) is 0.170. The van der Waals surface area contributed by atoms with Crippen molar-refractivity contribution in [3.63, 3.8) is 0 Å². The number of nitro groups is 1. The lowest BCUT2D eigenvalue weighted by atomic mass is 9.94. The molecule has 1 aromatic carbocycles. The molecule has 0 aliphatic heterocycles. The Balaban J connectivity index is 3.17. The molecule has 0 aliphatic carbocycles. The van der Waals surface area contributed by atoms with Crippen molar-refractivity contribution < 1.29 is 14.8 Å². The molecule has 6 nitrogen and oxygen atoms in total. The number of rotatable bonds is 5. The van der Waals surface area contributed by atoms with Gasteiger partial charge in [0, 0.05) is 11.6 Å². The summed E-state index contributed by atoms with van der Waals surface area (Å²) >= 11 is 0. The van der Waals surface area contributed by atoms with Crippen LogP contribution >= 0.6 is 0 Å². The third-order valence-corrected chi connectivity index (χ3v) is 2.26. The molecule has 0 fully saturated rings. The Bertz CT molecular complexity index is 406. The third-order valence-electron chi connectivity index (χ3n) is 2.26. The molecule has 16 heavy (non-hydrogen) atoms. The van der Waals surface area contributed by atoms with Gasteiger partial charge in [0.05, 0.1) is 10.8 Å². The predicted molar refractivity (Wildman–Crippen MR) is 57.1 cm³/mol. The van der Waals surface area contributed by atoms with Crippen molar-refractivity contribution in [1.29, 1.82) is 0 Å². The largest absolute Gasteiger partial charge is 0.481 e. The first-order valence-electron chi connectivity index (χ1n) is 4.74. The van der Waals surface area contributed by atoms with E-state index in [0.717, 1.165) is 0 Å². The van der Waals surface area contributed by atoms with Gasteiger partial charge < -0.3 is 10.8 Å². The normalized spacial score (nSPS) is 12.1. The Hall–Kier alpha value is -1.95. The van der Waals surface area contributed by atoms with Crippen molar-refractivity contribution in [1.82, 2.24) is 0 Å². The van der Waals surface area contributed by atoms with E-state index in [1.54, 1.807) is 6.07 Å². The first-order valence-corrected chi connectivity index (χ1v) is 4.74. The molecule has 0 spiro atoms. The zero-order valence-electron chi connectivity index (χ0n) is 8.50. The van der Waals surface area contributed by atoms with E-state index in [1.807, 2.05) is 0 Å². The van der Waals surface area contributed by atoms with Gasteiger partial charge >= 0.3 is 5.97 Å². The summed E-state index contributed by atoms with van der Waals surface area (Å²) in [4.78, 5) is 21.1. The van der Waals surface area contributed by atoms with Gasteiger partial charge in [-0.05, 0) is 13.0 Å². The summed E-state index contributed by atoms with van der Waals surface area (Å²) in [5.74, 6) is -2.02. The number of nitro benzene ring substituents is 1. The highest BCUT2D eigenvalue weighted by atomic mass is 16.6. The highest BCUT2D eigenvalue weighted by Gasteiger charge is 2.26. The number of carboxylic acid groups (broad SMARTS) is 1. The number of nitrogens with zero attached hydrogens (tertiary/aromatic N) is 1. The molecular weight excluding hydrogens is 212 g/mol. The molecule has 6 heteroatoms.